The zero-order chi connectivity index (χ0) is 13.8. The number of nitrogens with two attached hydrogens (primary N) is 1. The number of ether oxygens (including phenoxy) is 1. The number of carbonyl (C=O) groups excluding carboxylic acids is 1. The highest BCUT2D eigenvalue weighted by atomic mass is 19.1. The van der Waals surface area contributed by atoms with E-state index in [0.717, 1.165) is 0 Å². The summed E-state index contributed by atoms with van der Waals surface area (Å²) in [7, 11) is 1.52. The molecule has 5 heteroatoms. The number of methoxy groups -OCH3 is 1. The molecule has 0 aliphatic heterocycles. The Morgan fingerprint density at radius 2 is 1.89 bits per heavy atom. The Morgan fingerprint density at radius 3 is 2.47 bits per heavy atom. The fourth-order valence-corrected chi connectivity index (χ4v) is 1.62. The molecule has 1 amide bonds. The van der Waals surface area contributed by atoms with Gasteiger partial charge >= 0.3 is 0 Å². The summed E-state index contributed by atoms with van der Waals surface area (Å²) >= 11 is 0. The van der Waals surface area contributed by atoms with E-state index in [1.165, 1.54) is 31.4 Å². The molecule has 0 spiro atoms. The summed E-state index contributed by atoms with van der Waals surface area (Å²) in [5, 5.41) is 2.67. The van der Waals surface area contributed by atoms with Gasteiger partial charge in [-0.2, -0.15) is 0 Å². The average Bonchev–Trinajstić information content (AvgIpc) is 2.39. The summed E-state index contributed by atoms with van der Waals surface area (Å²) in [4.78, 5) is 11.9. The minimum absolute atomic E-state index is 0.329. The predicted octanol–water partition coefficient (Wildman–Crippen LogP) is 2.67. The van der Waals surface area contributed by atoms with E-state index in [1.54, 1.807) is 18.2 Å². The number of anilines is 2. The van der Waals surface area contributed by atoms with Crippen molar-refractivity contribution in [3.05, 3.63) is 53.8 Å². The zero-order valence-corrected chi connectivity index (χ0v) is 10.3. The lowest BCUT2D eigenvalue weighted by Gasteiger charge is -2.08. The number of hydrogen-bond acceptors (Lipinski definition) is 3. The predicted molar refractivity (Wildman–Crippen MR) is 71.8 cm³/mol. The van der Waals surface area contributed by atoms with Gasteiger partial charge < -0.3 is 15.8 Å². The Morgan fingerprint density at radius 1 is 1.21 bits per heavy atom. The Hall–Kier alpha value is -2.56. The van der Waals surface area contributed by atoms with Gasteiger partial charge in [-0.15, -0.1) is 0 Å². The third-order valence-electron chi connectivity index (χ3n) is 2.59. The number of rotatable bonds is 3. The minimum Gasteiger partial charge on any atom is -0.495 e. The Balaban J connectivity index is 2.14. The van der Waals surface area contributed by atoms with Gasteiger partial charge in [0.25, 0.3) is 5.91 Å². The number of nitrogen functional groups attached to an aromatic ring is 1. The van der Waals surface area contributed by atoms with Gasteiger partial charge in [-0.25, -0.2) is 4.39 Å². The zero-order valence-electron chi connectivity index (χ0n) is 10.3. The highest BCUT2D eigenvalue weighted by Crippen LogP contribution is 2.24. The molecule has 0 fully saturated rings. The fraction of sp³-hybridized carbons (Fsp3) is 0.0714. The van der Waals surface area contributed by atoms with E-state index < -0.39 is 0 Å². The van der Waals surface area contributed by atoms with Crippen molar-refractivity contribution in [2.45, 2.75) is 0 Å². The molecular weight excluding hydrogens is 247 g/mol. The fourth-order valence-electron chi connectivity index (χ4n) is 1.62. The summed E-state index contributed by atoms with van der Waals surface area (Å²) in [6.45, 7) is 0. The first-order chi connectivity index (χ1) is 9.10. The molecule has 4 nitrogen and oxygen atoms in total. The topological polar surface area (TPSA) is 64.3 Å². The maximum absolute atomic E-state index is 12.8. The molecule has 0 aromatic heterocycles. The smallest absolute Gasteiger partial charge is 0.255 e. The van der Waals surface area contributed by atoms with Crippen LogP contribution in [0.2, 0.25) is 0 Å². The first-order valence-corrected chi connectivity index (χ1v) is 5.60. The summed E-state index contributed by atoms with van der Waals surface area (Å²) in [6.07, 6.45) is 0. The number of benzene rings is 2. The average molecular weight is 260 g/mol. The van der Waals surface area contributed by atoms with E-state index >= 15 is 0 Å². The monoisotopic (exact) mass is 260 g/mol. The molecule has 0 aliphatic carbocycles. The molecule has 0 heterocycles. The van der Waals surface area contributed by atoms with Crippen molar-refractivity contribution < 1.29 is 13.9 Å². The first-order valence-electron chi connectivity index (χ1n) is 5.60. The van der Waals surface area contributed by atoms with E-state index in [0.29, 0.717) is 22.7 Å². The van der Waals surface area contributed by atoms with E-state index in [-0.39, 0.29) is 11.7 Å². The summed E-state index contributed by atoms with van der Waals surface area (Å²) in [5.74, 6) is -0.172. The third kappa shape index (κ3) is 3.01. The van der Waals surface area contributed by atoms with Gasteiger partial charge in [0, 0.05) is 11.3 Å². The number of nitrogens with one attached hydrogen (secondary N) is 1. The highest BCUT2D eigenvalue weighted by Gasteiger charge is 2.07. The van der Waals surface area contributed by atoms with Gasteiger partial charge in [0.2, 0.25) is 0 Å². The van der Waals surface area contributed by atoms with Crippen LogP contribution in [-0.4, -0.2) is 13.0 Å². The maximum atomic E-state index is 12.8. The molecule has 0 aliphatic rings. The molecule has 98 valence electrons. The van der Waals surface area contributed by atoms with Crippen LogP contribution in [0, 0.1) is 5.82 Å². The van der Waals surface area contributed by atoms with Crippen molar-refractivity contribution in [1.29, 1.82) is 0 Å². The van der Waals surface area contributed by atoms with Crippen LogP contribution in [0.5, 0.6) is 5.75 Å². The van der Waals surface area contributed by atoms with Gasteiger partial charge in [0.15, 0.2) is 0 Å². The van der Waals surface area contributed by atoms with Crippen LogP contribution in [0.4, 0.5) is 15.8 Å². The van der Waals surface area contributed by atoms with Crippen LogP contribution >= 0.6 is 0 Å². The Labute approximate surface area is 110 Å². The highest BCUT2D eigenvalue weighted by molar-refractivity contribution is 6.04. The lowest BCUT2D eigenvalue weighted by Crippen LogP contribution is -2.12. The van der Waals surface area contributed by atoms with Crippen molar-refractivity contribution >= 4 is 17.3 Å². The molecular formula is C14H13FN2O2. The van der Waals surface area contributed by atoms with Crippen molar-refractivity contribution in [3.63, 3.8) is 0 Å². The van der Waals surface area contributed by atoms with Crippen molar-refractivity contribution in [1.82, 2.24) is 0 Å². The van der Waals surface area contributed by atoms with Gasteiger partial charge in [0.1, 0.15) is 11.6 Å². The number of amides is 1. The quantitative estimate of drug-likeness (QED) is 0.834. The minimum atomic E-state index is -0.384. The first kappa shape index (κ1) is 12.9. The molecule has 0 bridgehead atoms. The molecule has 2 aromatic carbocycles. The van der Waals surface area contributed by atoms with Crippen molar-refractivity contribution in [2.24, 2.45) is 0 Å². The van der Waals surface area contributed by atoms with Gasteiger partial charge in [-0.1, -0.05) is 0 Å². The molecule has 3 N–H and O–H groups in total. The molecule has 19 heavy (non-hydrogen) atoms. The lowest BCUT2D eigenvalue weighted by atomic mass is 10.2. The largest absolute Gasteiger partial charge is 0.495 e. The second-order valence-corrected chi connectivity index (χ2v) is 3.92. The van der Waals surface area contributed by atoms with Crippen LogP contribution in [0.25, 0.3) is 0 Å². The molecule has 2 rings (SSSR count). The number of hydrogen-bond donors (Lipinski definition) is 2. The molecule has 2 aromatic rings. The Bertz CT molecular complexity index is 597. The molecule has 0 radical (unpaired) electrons. The van der Waals surface area contributed by atoms with Crippen molar-refractivity contribution in [2.75, 3.05) is 18.2 Å². The number of carbonyl (C=O) groups is 1. The van der Waals surface area contributed by atoms with Crippen LogP contribution in [0.15, 0.2) is 42.5 Å². The second kappa shape index (κ2) is 5.39. The van der Waals surface area contributed by atoms with E-state index in [1.807, 2.05) is 0 Å². The van der Waals surface area contributed by atoms with Gasteiger partial charge in [-0.05, 0) is 42.5 Å². The van der Waals surface area contributed by atoms with Crippen LogP contribution in [0.3, 0.4) is 0 Å². The Kier molecular flexibility index (Phi) is 3.66. The summed E-state index contributed by atoms with van der Waals surface area (Å²) in [6, 6.07) is 10.2. The van der Waals surface area contributed by atoms with Gasteiger partial charge in [0.05, 0.1) is 12.8 Å². The van der Waals surface area contributed by atoms with Crippen molar-refractivity contribution in [3.8, 4) is 5.75 Å². The second-order valence-electron chi connectivity index (χ2n) is 3.92. The molecule has 0 unspecified atom stereocenters. The maximum Gasteiger partial charge on any atom is 0.255 e. The van der Waals surface area contributed by atoms with Crippen LogP contribution < -0.4 is 15.8 Å². The van der Waals surface area contributed by atoms with Gasteiger partial charge in [-0.3, -0.25) is 4.79 Å². The van der Waals surface area contributed by atoms with E-state index in [4.69, 9.17) is 10.5 Å². The molecule has 0 atom stereocenters. The van der Waals surface area contributed by atoms with Crippen LogP contribution in [0.1, 0.15) is 10.4 Å². The van der Waals surface area contributed by atoms with E-state index in [9.17, 15) is 9.18 Å². The third-order valence-corrected chi connectivity index (χ3v) is 2.59. The van der Waals surface area contributed by atoms with Crippen LogP contribution in [-0.2, 0) is 0 Å². The lowest BCUT2D eigenvalue weighted by molar-refractivity contribution is 0.102. The molecule has 0 saturated carbocycles. The molecule has 0 saturated heterocycles. The normalized spacial score (nSPS) is 10.0. The van der Waals surface area contributed by atoms with E-state index in [2.05, 4.69) is 5.32 Å². The number of halogens is 1. The summed E-state index contributed by atoms with van der Waals surface area (Å²) < 4.78 is 17.8. The SMILES string of the molecule is COc1ccc(NC(=O)c2ccc(F)cc2)cc1N. The summed E-state index contributed by atoms with van der Waals surface area (Å²) in [5.41, 5.74) is 7.09. The standard InChI is InChI=1S/C14H13FN2O2/c1-19-13-7-6-11(8-12(13)16)17-14(18)9-2-4-10(15)5-3-9/h2-8H,16H2,1H3,(H,17,18).